The summed E-state index contributed by atoms with van der Waals surface area (Å²) >= 11 is 5.88. The Bertz CT molecular complexity index is 399. The van der Waals surface area contributed by atoms with E-state index in [9.17, 15) is 4.79 Å². The average molecular weight is 258 g/mol. The Labute approximate surface area is 106 Å². The highest BCUT2D eigenvalue weighted by atomic mass is 35.5. The molecular formula is C11H16ClN3O2. The Morgan fingerprint density at radius 2 is 2.24 bits per heavy atom. The molecular weight excluding hydrogens is 242 g/mol. The second-order valence-corrected chi connectivity index (χ2v) is 4.13. The van der Waals surface area contributed by atoms with Crippen molar-refractivity contribution in [2.24, 2.45) is 0 Å². The third-order valence-electron chi connectivity index (χ3n) is 2.27. The first-order valence-electron chi connectivity index (χ1n) is 5.33. The molecule has 0 aliphatic heterocycles. The maximum absolute atomic E-state index is 10.9. The fraction of sp³-hybridized carbons (Fsp3) is 0.545. The lowest BCUT2D eigenvalue weighted by molar-refractivity contribution is 0.112. The van der Waals surface area contributed by atoms with Gasteiger partial charge in [0.15, 0.2) is 6.29 Å². The van der Waals surface area contributed by atoms with E-state index in [1.807, 2.05) is 6.92 Å². The van der Waals surface area contributed by atoms with Gasteiger partial charge in [-0.25, -0.2) is 9.97 Å². The number of aldehydes is 1. The molecule has 0 aliphatic carbocycles. The van der Waals surface area contributed by atoms with Gasteiger partial charge in [0, 0.05) is 19.8 Å². The largest absolute Gasteiger partial charge is 0.385 e. The number of carbonyl (C=O) groups is 1. The minimum absolute atomic E-state index is 0.138. The van der Waals surface area contributed by atoms with Gasteiger partial charge in [-0.3, -0.25) is 4.79 Å². The average Bonchev–Trinajstić information content (AvgIpc) is 2.25. The number of rotatable bonds is 6. The lowest BCUT2D eigenvalue weighted by atomic mass is 10.2. The van der Waals surface area contributed by atoms with Crippen LogP contribution in [0.2, 0.25) is 5.15 Å². The van der Waals surface area contributed by atoms with Crippen molar-refractivity contribution in [1.29, 1.82) is 0 Å². The zero-order chi connectivity index (χ0) is 12.8. The van der Waals surface area contributed by atoms with Gasteiger partial charge in [-0.05, 0) is 20.3 Å². The van der Waals surface area contributed by atoms with Crippen LogP contribution in [0.5, 0.6) is 0 Å². The molecule has 0 fully saturated rings. The molecule has 1 N–H and O–H groups in total. The molecule has 0 radical (unpaired) electrons. The van der Waals surface area contributed by atoms with Gasteiger partial charge in [0.05, 0.1) is 5.56 Å². The van der Waals surface area contributed by atoms with Crippen molar-refractivity contribution in [2.75, 3.05) is 19.0 Å². The molecule has 6 heteroatoms. The molecule has 0 bridgehead atoms. The van der Waals surface area contributed by atoms with Gasteiger partial charge in [0.1, 0.15) is 16.8 Å². The molecule has 5 nitrogen and oxygen atoms in total. The molecule has 0 aliphatic rings. The monoisotopic (exact) mass is 257 g/mol. The Hall–Kier alpha value is -1.20. The smallest absolute Gasteiger partial charge is 0.156 e. The summed E-state index contributed by atoms with van der Waals surface area (Å²) in [6.07, 6.45) is 1.47. The Kier molecular flexibility index (Phi) is 5.31. The molecule has 17 heavy (non-hydrogen) atoms. The van der Waals surface area contributed by atoms with Gasteiger partial charge in [-0.1, -0.05) is 11.6 Å². The van der Waals surface area contributed by atoms with Crippen molar-refractivity contribution in [3.05, 3.63) is 16.5 Å². The number of nitrogens with zero attached hydrogens (tertiary/aromatic N) is 2. The van der Waals surface area contributed by atoms with Crippen molar-refractivity contribution in [3.63, 3.8) is 0 Å². The third kappa shape index (κ3) is 3.94. The summed E-state index contributed by atoms with van der Waals surface area (Å²) < 4.78 is 4.99. The molecule has 1 aromatic heterocycles. The van der Waals surface area contributed by atoms with Gasteiger partial charge < -0.3 is 10.1 Å². The van der Waals surface area contributed by atoms with E-state index in [0.717, 1.165) is 6.42 Å². The minimum Gasteiger partial charge on any atom is -0.385 e. The van der Waals surface area contributed by atoms with Gasteiger partial charge in [0.2, 0.25) is 0 Å². The van der Waals surface area contributed by atoms with Crippen molar-refractivity contribution >= 4 is 23.7 Å². The van der Waals surface area contributed by atoms with Crippen molar-refractivity contribution < 1.29 is 9.53 Å². The van der Waals surface area contributed by atoms with Crippen LogP contribution in [-0.4, -0.2) is 36.0 Å². The summed E-state index contributed by atoms with van der Waals surface area (Å²) in [5.41, 5.74) is 0.293. The van der Waals surface area contributed by atoms with Crippen LogP contribution in [0.15, 0.2) is 0 Å². The van der Waals surface area contributed by atoms with Crippen LogP contribution in [0.3, 0.4) is 0 Å². The molecule has 0 aromatic carbocycles. The quantitative estimate of drug-likeness (QED) is 0.624. The molecule has 94 valence electrons. The van der Waals surface area contributed by atoms with E-state index < -0.39 is 0 Å². The second kappa shape index (κ2) is 6.51. The number of hydrogen-bond acceptors (Lipinski definition) is 5. The first kappa shape index (κ1) is 13.9. The fourth-order valence-corrected chi connectivity index (χ4v) is 1.62. The van der Waals surface area contributed by atoms with Crippen molar-refractivity contribution in [2.45, 2.75) is 26.3 Å². The summed E-state index contributed by atoms with van der Waals surface area (Å²) in [5.74, 6) is 1.00. The van der Waals surface area contributed by atoms with Crippen LogP contribution in [0, 0.1) is 6.92 Å². The minimum atomic E-state index is 0.138. The summed E-state index contributed by atoms with van der Waals surface area (Å²) in [7, 11) is 1.65. The van der Waals surface area contributed by atoms with Crippen LogP contribution >= 0.6 is 11.6 Å². The number of aryl methyl sites for hydroxylation is 1. The highest BCUT2D eigenvalue weighted by Crippen LogP contribution is 2.20. The Morgan fingerprint density at radius 3 is 2.82 bits per heavy atom. The first-order chi connectivity index (χ1) is 8.08. The van der Waals surface area contributed by atoms with Gasteiger partial charge >= 0.3 is 0 Å². The molecule has 0 saturated carbocycles. The highest BCUT2D eigenvalue weighted by Gasteiger charge is 2.12. The number of halogens is 1. The maximum atomic E-state index is 10.9. The number of aromatic nitrogens is 2. The number of hydrogen-bond donors (Lipinski definition) is 1. The second-order valence-electron chi connectivity index (χ2n) is 3.77. The molecule has 0 amide bonds. The van der Waals surface area contributed by atoms with E-state index in [4.69, 9.17) is 16.3 Å². The molecule has 1 aromatic rings. The maximum Gasteiger partial charge on any atom is 0.156 e. The lowest BCUT2D eigenvalue weighted by Crippen LogP contribution is -2.19. The standard InChI is InChI=1S/C11H16ClN3O2/c1-7(4-5-17-3)13-11-9(6-16)10(12)14-8(2)15-11/h6-7H,4-5H2,1-3H3,(H,13,14,15). The zero-order valence-electron chi connectivity index (χ0n) is 10.2. The topological polar surface area (TPSA) is 64.1 Å². The van der Waals surface area contributed by atoms with E-state index in [0.29, 0.717) is 30.1 Å². The van der Waals surface area contributed by atoms with Gasteiger partial charge in [-0.2, -0.15) is 0 Å². The van der Waals surface area contributed by atoms with E-state index >= 15 is 0 Å². The van der Waals surface area contributed by atoms with Gasteiger partial charge in [-0.15, -0.1) is 0 Å². The fourth-order valence-electron chi connectivity index (χ4n) is 1.36. The number of carbonyl (C=O) groups excluding carboxylic acids is 1. The summed E-state index contributed by atoms with van der Waals surface area (Å²) in [4.78, 5) is 19.0. The predicted octanol–water partition coefficient (Wildman–Crippen LogP) is 2.09. The SMILES string of the molecule is COCCC(C)Nc1nc(C)nc(Cl)c1C=O. The third-order valence-corrected chi connectivity index (χ3v) is 2.56. The molecule has 1 heterocycles. The number of anilines is 1. The van der Waals surface area contributed by atoms with Crippen molar-refractivity contribution in [3.8, 4) is 0 Å². The van der Waals surface area contributed by atoms with E-state index in [1.54, 1.807) is 14.0 Å². The Balaban J connectivity index is 2.85. The summed E-state index contributed by atoms with van der Waals surface area (Å²) in [6, 6.07) is 0.138. The van der Waals surface area contributed by atoms with Crippen LogP contribution < -0.4 is 5.32 Å². The number of nitrogens with one attached hydrogen (secondary N) is 1. The summed E-state index contributed by atoms with van der Waals surface area (Å²) in [5, 5.41) is 3.31. The molecule has 0 spiro atoms. The molecule has 1 unspecified atom stereocenters. The predicted molar refractivity (Wildman–Crippen MR) is 66.7 cm³/mol. The molecule has 1 rings (SSSR count). The van der Waals surface area contributed by atoms with Gasteiger partial charge in [0.25, 0.3) is 0 Å². The lowest BCUT2D eigenvalue weighted by Gasteiger charge is -2.15. The molecule has 1 atom stereocenters. The van der Waals surface area contributed by atoms with Crippen LogP contribution in [0.25, 0.3) is 0 Å². The first-order valence-corrected chi connectivity index (χ1v) is 5.71. The molecule has 0 saturated heterocycles. The van der Waals surface area contributed by atoms with Crippen LogP contribution in [-0.2, 0) is 4.74 Å². The highest BCUT2D eigenvalue weighted by molar-refractivity contribution is 6.32. The van der Waals surface area contributed by atoms with E-state index in [-0.39, 0.29) is 11.2 Å². The Morgan fingerprint density at radius 1 is 1.53 bits per heavy atom. The van der Waals surface area contributed by atoms with E-state index in [2.05, 4.69) is 15.3 Å². The normalized spacial score (nSPS) is 12.2. The van der Waals surface area contributed by atoms with E-state index in [1.165, 1.54) is 0 Å². The van der Waals surface area contributed by atoms with Crippen LogP contribution in [0.4, 0.5) is 5.82 Å². The summed E-state index contributed by atoms with van der Waals surface area (Å²) in [6.45, 7) is 4.35. The number of ether oxygens (including phenoxy) is 1. The number of methoxy groups -OCH3 is 1. The zero-order valence-corrected chi connectivity index (χ0v) is 10.9. The van der Waals surface area contributed by atoms with Crippen LogP contribution in [0.1, 0.15) is 29.5 Å². The van der Waals surface area contributed by atoms with Crippen molar-refractivity contribution in [1.82, 2.24) is 9.97 Å².